The van der Waals surface area contributed by atoms with Crippen molar-refractivity contribution < 1.29 is 4.74 Å². The van der Waals surface area contributed by atoms with Gasteiger partial charge in [0.1, 0.15) is 0 Å². The van der Waals surface area contributed by atoms with Crippen LogP contribution >= 0.6 is 11.6 Å². The summed E-state index contributed by atoms with van der Waals surface area (Å²) in [6.07, 6.45) is 4.93. The molecule has 1 saturated heterocycles. The van der Waals surface area contributed by atoms with Crippen molar-refractivity contribution in [1.82, 2.24) is 0 Å². The minimum absolute atomic E-state index is 0.364. The summed E-state index contributed by atoms with van der Waals surface area (Å²) in [7, 11) is 0. The molecule has 0 aromatic rings. The first-order valence-corrected chi connectivity index (χ1v) is 5.85. The van der Waals surface area contributed by atoms with Gasteiger partial charge in [-0.15, -0.1) is 11.6 Å². The maximum Gasteiger partial charge on any atom is 0.0468 e. The highest BCUT2D eigenvalue weighted by Gasteiger charge is 2.16. The van der Waals surface area contributed by atoms with Crippen molar-refractivity contribution in [2.45, 2.75) is 44.9 Å². The van der Waals surface area contributed by atoms with Crippen LogP contribution in [-0.2, 0) is 4.74 Å². The molecule has 1 aliphatic heterocycles. The number of hydrogen-bond donors (Lipinski definition) is 0. The molecule has 0 aromatic carbocycles. The molecule has 1 atom stereocenters. The molecule has 1 fully saturated rings. The van der Waals surface area contributed by atoms with Crippen LogP contribution in [0.3, 0.4) is 0 Å². The van der Waals surface area contributed by atoms with Crippen molar-refractivity contribution in [2.24, 2.45) is 11.8 Å². The molecule has 0 saturated carbocycles. The predicted octanol–water partition coefficient (Wildman–Crippen LogP) is 3.46. The summed E-state index contributed by atoms with van der Waals surface area (Å²) >= 11 is 6.20. The van der Waals surface area contributed by atoms with Crippen LogP contribution in [0.2, 0.25) is 0 Å². The summed E-state index contributed by atoms with van der Waals surface area (Å²) < 4.78 is 5.32. The van der Waals surface area contributed by atoms with Crippen LogP contribution in [0.15, 0.2) is 0 Å². The van der Waals surface area contributed by atoms with E-state index in [1.54, 1.807) is 0 Å². The first-order valence-electron chi connectivity index (χ1n) is 5.42. The fourth-order valence-electron chi connectivity index (χ4n) is 1.76. The van der Waals surface area contributed by atoms with Gasteiger partial charge >= 0.3 is 0 Å². The molecule has 0 bridgehead atoms. The lowest BCUT2D eigenvalue weighted by Gasteiger charge is -2.23. The first-order chi connectivity index (χ1) is 6.20. The third kappa shape index (κ3) is 4.33. The molecule has 1 aliphatic rings. The summed E-state index contributed by atoms with van der Waals surface area (Å²) in [5, 5.41) is 0.364. The van der Waals surface area contributed by atoms with Crippen LogP contribution in [0.5, 0.6) is 0 Å². The topological polar surface area (TPSA) is 9.23 Å². The number of alkyl halides is 1. The van der Waals surface area contributed by atoms with E-state index in [1.807, 2.05) is 0 Å². The lowest BCUT2D eigenvalue weighted by molar-refractivity contribution is 0.0630. The Morgan fingerprint density at radius 2 is 1.92 bits per heavy atom. The SMILES string of the molecule is CC(C)C(Cl)CCC1CCOCC1. The average Bonchev–Trinajstić information content (AvgIpc) is 2.15. The van der Waals surface area contributed by atoms with Crippen LogP contribution in [0, 0.1) is 11.8 Å². The van der Waals surface area contributed by atoms with E-state index in [0.29, 0.717) is 11.3 Å². The summed E-state index contributed by atoms with van der Waals surface area (Å²) in [5.74, 6) is 1.48. The van der Waals surface area contributed by atoms with Crippen molar-refractivity contribution in [1.29, 1.82) is 0 Å². The van der Waals surface area contributed by atoms with Gasteiger partial charge in [0.15, 0.2) is 0 Å². The number of halogens is 1. The second kappa shape index (κ2) is 5.87. The van der Waals surface area contributed by atoms with Crippen LogP contribution in [0.4, 0.5) is 0 Å². The van der Waals surface area contributed by atoms with E-state index in [9.17, 15) is 0 Å². The van der Waals surface area contributed by atoms with E-state index in [-0.39, 0.29) is 0 Å². The third-order valence-corrected chi connectivity index (χ3v) is 3.64. The molecule has 13 heavy (non-hydrogen) atoms. The minimum Gasteiger partial charge on any atom is -0.381 e. The highest BCUT2D eigenvalue weighted by Crippen LogP contribution is 2.24. The zero-order valence-electron chi connectivity index (χ0n) is 8.76. The van der Waals surface area contributed by atoms with Gasteiger partial charge in [0.2, 0.25) is 0 Å². The lowest BCUT2D eigenvalue weighted by atomic mass is 9.92. The molecular weight excluding hydrogens is 184 g/mol. The highest BCUT2D eigenvalue weighted by atomic mass is 35.5. The van der Waals surface area contributed by atoms with Crippen molar-refractivity contribution in [3.63, 3.8) is 0 Å². The molecule has 0 N–H and O–H groups in total. The van der Waals surface area contributed by atoms with E-state index < -0.39 is 0 Å². The fraction of sp³-hybridized carbons (Fsp3) is 1.00. The summed E-state index contributed by atoms with van der Waals surface area (Å²) in [6.45, 7) is 6.31. The van der Waals surface area contributed by atoms with Crippen LogP contribution < -0.4 is 0 Å². The van der Waals surface area contributed by atoms with Crippen molar-refractivity contribution in [3.05, 3.63) is 0 Å². The van der Waals surface area contributed by atoms with Crippen molar-refractivity contribution >= 4 is 11.6 Å². The second-order valence-electron chi connectivity index (χ2n) is 4.39. The maximum atomic E-state index is 6.20. The van der Waals surface area contributed by atoms with Crippen molar-refractivity contribution in [3.8, 4) is 0 Å². The Kier molecular flexibility index (Phi) is 5.12. The van der Waals surface area contributed by atoms with Gasteiger partial charge in [-0.1, -0.05) is 13.8 Å². The molecular formula is C11H21ClO. The van der Waals surface area contributed by atoms with Gasteiger partial charge in [0.25, 0.3) is 0 Å². The Hall–Kier alpha value is 0.250. The molecule has 1 unspecified atom stereocenters. The van der Waals surface area contributed by atoms with E-state index in [4.69, 9.17) is 16.3 Å². The number of rotatable bonds is 4. The molecule has 78 valence electrons. The molecule has 1 rings (SSSR count). The van der Waals surface area contributed by atoms with E-state index in [1.165, 1.54) is 25.7 Å². The standard InChI is InChI=1S/C11H21ClO/c1-9(2)11(12)4-3-10-5-7-13-8-6-10/h9-11H,3-8H2,1-2H3. The van der Waals surface area contributed by atoms with Crippen LogP contribution in [-0.4, -0.2) is 18.6 Å². The third-order valence-electron chi connectivity index (χ3n) is 2.91. The Balaban J connectivity index is 2.10. The smallest absolute Gasteiger partial charge is 0.0468 e. The second-order valence-corrected chi connectivity index (χ2v) is 4.95. The van der Waals surface area contributed by atoms with Crippen LogP contribution in [0.1, 0.15) is 39.5 Å². The highest BCUT2D eigenvalue weighted by molar-refractivity contribution is 6.20. The largest absolute Gasteiger partial charge is 0.381 e. The van der Waals surface area contributed by atoms with Crippen molar-refractivity contribution in [2.75, 3.05) is 13.2 Å². The van der Waals surface area contributed by atoms with Gasteiger partial charge in [-0.3, -0.25) is 0 Å². The Morgan fingerprint density at radius 1 is 1.31 bits per heavy atom. The Morgan fingerprint density at radius 3 is 2.46 bits per heavy atom. The predicted molar refractivity (Wildman–Crippen MR) is 57.3 cm³/mol. The minimum atomic E-state index is 0.364. The molecule has 0 spiro atoms. The molecule has 0 amide bonds. The molecule has 2 heteroatoms. The zero-order valence-corrected chi connectivity index (χ0v) is 9.52. The quantitative estimate of drug-likeness (QED) is 0.638. The number of ether oxygens (including phenoxy) is 1. The van der Waals surface area contributed by atoms with Gasteiger partial charge < -0.3 is 4.74 Å². The summed E-state index contributed by atoms with van der Waals surface area (Å²) in [4.78, 5) is 0. The molecule has 0 aliphatic carbocycles. The Labute approximate surface area is 86.8 Å². The average molecular weight is 205 g/mol. The fourth-order valence-corrected chi connectivity index (χ4v) is 1.89. The van der Waals surface area contributed by atoms with E-state index >= 15 is 0 Å². The van der Waals surface area contributed by atoms with Gasteiger partial charge in [0.05, 0.1) is 0 Å². The van der Waals surface area contributed by atoms with Gasteiger partial charge in [-0.05, 0) is 37.5 Å². The molecule has 1 heterocycles. The summed E-state index contributed by atoms with van der Waals surface area (Å²) in [5.41, 5.74) is 0. The number of hydrogen-bond acceptors (Lipinski definition) is 1. The molecule has 1 nitrogen and oxygen atoms in total. The first kappa shape index (κ1) is 11.3. The van der Waals surface area contributed by atoms with Gasteiger partial charge in [-0.2, -0.15) is 0 Å². The van der Waals surface area contributed by atoms with E-state index in [0.717, 1.165) is 19.1 Å². The van der Waals surface area contributed by atoms with Gasteiger partial charge in [0, 0.05) is 18.6 Å². The monoisotopic (exact) mass is 204 g/mol. The molecule has 0 aromatic heterocycles. The van der Waals surface area contributed by atoms with Crippen LogP contribution in [0.25, 0.3) is 0 Å². The normalized spacial score (nSPS) is 22.2. The molecule has 0 radical (unpaired) electrons. The summed E-state index contributed by atoms with van der Waals surface area (Å²) in [6, 6.07) is 0. The zero-order chi connectivity index (χ0) is 9.68. The van der Waals surface area contributed by atoms with E-state index in [2.05, 4.69) is 13.8 Å². The Bertz CT molecular complexity index is 130. The van der Waals surface area contributed by atoms with Gasteiger partial charge in [-0.25, -0.2) is 0 Å². The lowest BCUT2D eigenvalue weighted by Crippen LogP contribution is -2.17. The maximum absolute atomic E-state index is 6.20.